The van der Waals surface area contributed by atoms with Crippen molar-refractivity contribution in [3.05, 3.63) is 103 Å². The SMILES string of the molecule is COc1c(N2CCCC(NC(=O)C3CCN(C4=C5NC(=O)/C(C)=C\C=C\[C@H](C)[C@H](O)[C@@H](N)[C@@H](O)[C@@H](N)[C@H](OC(C)=O)/C=C/CCO[C@@]6(C)Oc7c(C)c(O)c(c(c7C6=O)C4=O)C5=O)CC3)C2)c(F)cc2c(=O)c(C(=O)O)cn(C3CC3)c12. The van der Waals surface area contributed by atoms with Crippen LogP contribution < -0.4 is 41.9 Å². The average Bonchev–Trinajstić information content (AvgIpc) is 1.69. The van der Waals surface area contributed by atoms with E-state index in [1.165, 1.54) is 64.5 Å². The number of allylic oxidation sites excluding steroid dienone is 4. The van der Waals surface area contributed by atoms with E-state index in [1.54, 1.807) is 21.3 Å². The normalized spacial score (nSPS) is 28.3. The van der Waals surface area contributed by atoms with Crippen LogP contribution in [0, 0.1) is 24.6 Å². The highest BCUT2D eigenvalue weighted by Crippen LogP contribution is 2.50. The number of ether oxygens (including phenoxy) is 4. The van der Waals surface area contributed by atoms with Gasteiger partial charge in [0.15, 0.2) is 11.6 Å². The molecule has 3 fully saturated rings. The fourth-order valence-corrected chi connectivity index (χ4v) is 11.6. The number of carboxylic acids is 1. The van der Waals surface area contributed by atoms with E-state index in [2.05, 4.69) is 10.6 Å². The molecule has 10 rings (SSSR count). The van der Waals surface area contributed by atoms with Crippen LogP contribution in [-0.4, -0.2) is 153 Å². The number of aromatic carboxylic acids is 1. The number of nitrogens with zero attached hydrogens (tertiary/aromatic N) is 3. The number of anilines is 1. The second-order valence-electron chi connectivity index (χ2n) is 22.0. The summed E-state index contributed by atoms with van der Waals surface area (Å²) in [6.45, 7) is 7.19. The Hall–Kier alpha value is -7.77. The van der Waals surface area contributed by atoms with Gasteiger partial charge in [-0.05, 0) is 70.9 Å². The number of aliphatic hydroxyl groups excluding tert-OH is 2. The largest absolute Gasteiger partial charge is 0.507 e. The zero-order valence-corrected chi connectivity index (χ0v) is 46.3. The average molecular weight is 1140 g/mol. The number of carbonyl (C=O) groups is 7. The number of Topliss-reactive ketones (excluding diaryl/α,β-unsaturated/α-hetero) is 3. The first kappa shape index (κ1) is 58.9. The number of phenolic OH excluding ortho intramolecular Hbond substituents is 1. The quantitative estimate of drug-likeness (QED) is 0.119. The fourth-order valence-electron chi connectivity index (χ4n) is 11.6. The van der Waals surface area contributed by atoms with Gasteiger partial charge < -0.3 is 75.8 Å². The van der Waals surface area contributed by atoms with E-state index in [9.17, 15) is 54.0 Å². The second kappa shape index (κ2) is 23.2. The summed E-state index contributed by atoms with van der Waals surface area (Å²) < 4.78 is 41.3. The predicted octanol–water partition coefficient (Wildman–Crippen LogP) is 3.11. The van der Waals surface area contributed by atoms with Crippen LogP contribution in [0.15, 0.2) is 64.4 Å². The molecule has 1 aromatic heterocycles. The highest BCUT2D eigenvalue weighted by Gasteiger charge is 2.53. The third kappa shape index (κ3) is 10.9. The number of aromatic nitrogens is 1. The molecule has 7 aliphatic rings. The standard InChI is InChI=1S/C58H68FN7O16/c1-26-11-9-12-27(2)55(75)63-42-45(50(72)37-38(49(42)71)47(69)28(3)52-39(37)54(74)58(5,82-52)80-22-8-7-14-36(81-29(4)67)40(60)51(73)41(61)46(26)68)64-20-17-30(18-21-64)56(76)62-31-13-10-19-65(24-31)44-35(59)23-33-43(53(44)79-6)66(32-15-16-32)25-34(48(33)70)57(77)78/h7,9,11-12,14,23,25-26,30-32,36,40-41,46,51,68-69,73H,8,10,13,15-22,24,60-61H2,1-6H3,(H,62,76)(H,63,75)(H,77,78)/b11-9+,14-7+,27-12-/t26-,31?,36+,40-,41+,46-,51-,58-/m0/s1. The summed E-state index contributed by atoms with van der Waals surface area (Å²) in [7, 11) is 1.35. The first-order valence-electron chi connectivity index (χ1n) is 27.4. The van der Waals surface area contributed by atoms with Crippen molar-refractivity contribution in [2.45, 2.75) is 128 Å². The van der Waals surface area contributed by atoms with Gasteiger partial charge in [-0.15, -0.1) is 0 Å². The molecule has 1 unspecified atom stereocenters. The zero-order valence-electron chi connectivity index (χ0n) is 46.3. The molecule has 2 aromatic carbocycles. The monoisotopic (exact) mass is 1140 g/mol. The number of carbonyl (C=O) groups excluding carboxylic acids is 6. The van der Waals surface area contributed by atoms with Gasteiger partial charge in [0, 0.05) is 81.3 Å². The van der Waals surface area contributed by atoms with Crippen LogP contribution in [0.4, 0.5) is 10.1 Å². The number of hydrogen-bond donors (Lipinski definition) is 8. The summed E-state index contributed by atoms with van der Waals surface area (Å²) in [6, 6.07) is -2.20. The Bertz CT molecular complexity index is 3380. The number of nitrogens with two attached hydrogens (primary N) is 2. The van der Waals surface area contributed by atoms with E-state index < -0.39 is 129 Å². The first-order chi connectivity index (χ1) is 38.9. The zero-order chi connectivity index (χ0) is 59.4. The number of amides is 2. The van der Waals surface area contributed by atoms with Gasteiger partial charge in [0.05, 0.1) is 65.6 Å². The van der Waals surface area contributed by atoms with Crippen molar-refractivity contribution in [3.8, 4) is 17.2 Å². The van der Waals surface area contributed by atoms with E-state index in [0.717, 1.165) is 25.8 Å². The highest BCUT2D eigenvalue weighted by atomic mass is 19.1. The van der Waals surface area contributed by atoms with Crippen molar-refractivity contribution in [2.24, 2.45) is 23.3 Å². The molecule has 0 radical (unpaired) electrons. The summed E-state index contributed by atoms with van der Waals surface area (Å²) in [4.78, 5) is 114. The number of ketones is 3. The van der Waals surface area contributed by atoms with Crippen LogP contribution in [0.3, 0.4) is 0 Å². The van der Waals surface area contributed by atoms with Gasteiger partial charge in [0.1, 0.15) is 40.2 Å². The summed E-state index contributed by atoms with van der Waals surface area (Å²) in [6.07, 6.45) is 7.18. The number of methoxy groups -OCH3 is 1. The fraction of sp³-hybridized carbons (Fsp3) is 0.483. The second-order valence-corrected chi connectivity index (χ2v) is 22.0. The van der Waals surface area contributed by atoms with Crippen LogP contribution in [0.2, 0.25) is 0 Å². The van der Waals surface area contributed by atoms with E-state index in [0.29, 0.717) is 19.4 Å². The number of rotatable bonds is 8. The Morgan fingerprint density at radius 2 is 1.63 bits per heavy atom. The molecular formula is C58H68FN7O16. The molecule has 2 amide bonds. The molecule has 82 heavy (non-hydrogen) atoms. The Balaban J connectivity index is 0.992. The number of piperidine rings is 2. The number of nitrogens with one attached hydrogen (secondary N) is 2. The lowest BCUT2D eigenvalue weighted by atomic mass is 9.81. The van der Waals surface area contributed by atoms with E-state index >= 15 is 9.18 Å². The number of fused-ring (bicyclic) bond motifs is 15. The Labute approximate surface area is 470 Å². The summed E-state index contributed by atoms with van der Waals surface area (Å²) in [5.74, 6) is -11.1. The highest BCUT2D eigenvalue weighted by molar-refractivity contribution is 6.32. The minimum Gasteiger partial charge on any atom is -0.507 e. The number of carboxylic acid groups (broad SMARTS) is 1. The van der Waals surface area contributed by atoms with Crippen LogP contribution in [-0.2, 0) is 23.9 Å². The lowest BCUT2D eigenvalue weighted by molar-refractivity contribution is -0.146. The van der Waals surface area contributed by atoms with Gasteiger partial charge in [-0.1, -0.05) is 31.2 Å². The number of aliphatic hydroxyl groups is 2. The maximum atomic E-state index is 16.3. The number of esters is 1. The lowest BCUT2D eigenvalue weighted by Crippen LogP contribution is -2.58. The number of likely N-dealkylation sites (tertiary alicyclic amines) is 1. The molecule has 24 heteroatoms. The van der Waals surface area contributed by atoms with E-state index in [4.69, 9.17) is 30.4 Å². The predicted molar refractivity (Wildman–Crippen MR) is 293 cm³/mol. The molecule has 5 bridgehead atoms. The number of phenols is 1. The molecule has 8 atom stereocenters. The van der Waals surface area contributed by atoms with Gasteiger partial charge in [0.25, 0.3) is 11.7 Å². The summed E-state index contributed by atoms with van der Waals surface area (Å²) >= 11 is 0. The lowest BCUT2D eigenvalue weighted by Gasteiger charge is -2.38. The molecule has 438 valence electrons. The van der Waals surface area contributed by atoms with Crippen molar-refractivity contribution < 1.29 is 77.3 Å². The van der Waals surface area contributed by atoms with Gasteiger partial charge in [-0.3, -0.25) is 33.6 Å². The van der Waals surface area contributed by atoms with E-state index in [1.807, 2.05) is 0 Å². The molecule has 1 saturated carbocycles. The van der Waals surface area contributed by atoms with Crippen LogP contribution >= 0.6 is 0 Å². The molecular weight excluding hydrogens is 1070 g/mol. The van der Waals surface area contributed by atoms with Gasteiger partial charge >= 0.3 is 11.9 Å². The number of pyridine rings is 1. The molecule has 5 aliphatic heterocycles. The third-order valence-electron chi connectivity index (χ3n) is 16.3. The maximum absolute atomic E-state index is 16.3. The first-order valence-corrected chi connectivity index (χ1v) is 27.4. The van der Waals surface area contributed by atoms with Crippen molar-refractivity contribution in [2.75, 3.05) is 44.8 Å². The minimum atomic E-state index is -2.10. The molecule has 10 N–H and O–H groups in total. The van der Waals surface area contributed by atoms with E-state index in [-0.39, 0.29) is 108 Å². The number of aromatic hydroxyl groups is 1. The third-order valence-corrected chi connectivity index (χ3v) is 16.3. The molecule has 2 aliphatic carbocycles. The number of halogens is 1. The van der Waals surface area contributed by atoms with Gasteiger partial charge in [-0.25, -0.2) is 9.18 Å². The Morgan fingerprint density at radius 3 is 2.29 bits per heavy atom. The minimum absolute atomic E-state index is 0.000371. The van der Waals surface area contributed by atoms with Crippen molar-refractivity contribution in [1.29, 1.82) is 0 Å². The van der Waals surface area contributed by atoms with Crippen molar-refractivity contribution in [3.63, 3.8) is 0 Å². The topological polar surface area (TPSA) is 342 Å². The van der Waals surface area contributed by atoms with Crippen molar-refractivity contribution in [1.82, 2.24) is 20.1 Å². The van der Waals surface area contributed by atoms with Gasteiger partial charge in [0.2, 0.25) is 28.7 Å². The number of hydrogen-bond acceptors (Lipinski definition) is 19. The number of benzene rings is 2. The van der Waals surface area contributed by atoms with Crippen LogP contribution in [0.5, 0.6) is 17.2 Å². The Kier molecular flexibility index (Phi) is 16.7. The summed E-state index contributed by atoms with van der Waals surface area (Å²) in [5, 5.41) is 49.5. The molecule has 0 spiro atoms. The molecule has 6 heterocycles. The molecule has 3 aromatic rings. The maximum Gasteiger partial charge on any atom is 0.341 e. The summed E-state index contributed by atoms with van der Waals surface area (Å²) in [5.41, 5.74) is 9.49. The molecule has 23 nitrogen and oxygen atoms in total. The molecule has 2 saturated heterocycles. The smallest absolute Gasteiger partial charge is 0.341 e. The van der Waals surface area contributed by atoms with Crippen LogP contribution in [0.25, 0.3) is 10.9 Å². The Morgan fingerprint density at radius 1 is 0.927 bits per heavy atom. The van der Waals surface area contributed by atoms with Crippen LogP contribution in [0.1, 0.15) is 126 Å². The van der Waals surface area contributed by atoms with Gasteiger partial charge in [-0.2, -0.15) is 0 Å². The van der Waals surface area contributed by atoms with Crippen molar-refractivity contribution >= 4 is 57.7 Å².